The molecule has 138 valence electrons. The van der Waals surface area contributed by atoms with Crippen molar-refractivity contribution in [1.29, 1.82) is 0 Å². The molecule has 1 amide bonds. The van der Waals surface area contributed by atoms with Crippen molar-refractivity contribution >= 4 is 11.6 Å². The Bertz CT molecular complexity index is 569. The van der Waals surface area contributed by atoms with E-state index in [1.807, 2.05) is 14.1 Å². The largest absolute Gasteiger partial charge is 0.378 e. The topological polar surface area (TPSA) is 26.8 Å². The summed E-state index contributed by atoms with van der Waals surface area (Å²) in [7, 11) is 4.10. The van der Waals surface area contributed by atoms with Crippen LogP contribution < -0.4 is 4.90 Å². The first kappa shape index (κ1) is 18.2. The van der Waals surface area contributed by atoms with E-state index in [4.69, 9.17) is 0 Å². The van der Waals surface area contributed by atoms with Crippen LogP contribution in [0.5, 0.6) is 0 Å². The second-order valence-electron chi connectivity index (χ2n) is 7.95. The van der Waals surface area contributed by atoms with E-state index in [9.17, 15) is 4.79 Å². The monoisotopic (exact) mass is 343 g/mol. The lowest BCUT2D eigenvalue weighted by Crippen LogP contribution is -2.44. The Balaban J connectivity index is 1.54. The third kappa shape index (κ3) is 4.55. The number of carbonyl (C=O) groups is 1. The summed E-state index contributed by atoms with van der Waals surface area (Å²) >= 11 is 0. The number of aryl methyl sites for hydroxylation is 1. The molecule has 1 aromatic carbocycles. The first-order valence-corrected chi connectivity index (χ1v) is 9.85. The summed E-state index contributed by atoms with van der Waals surface area (Å²) in [5.41, 5.74) is 2.46. The normalized spacial score (nSPS) is 23.6. The highest BCUT2D eigenvalue weighted by Gasteiger charge is 2.35. The third-order valence-corrected chi connectivity index (χ3v) is 5.77. The first-order valence-electron chi connectivity index (χ1n) is 9.85. The summed E-state index contributed by atoms with van der Waals surface area (Å²) in [4.78, 5) is 19.7. The molecule has 3 aliphatic heterocycles. The fourth-order valence-electron chi connectivity index (χ4n) is 4.31. The number of hydrogen-bond acceptors (Lipinski definition) is 3. The molecule has 0 aromatic heterocycles. The van der Waals surface area contributed by atoms with Crippen LogP contribution in [0, 0.1) is 5.92 Å². The highest BCUT2D eigenvalue weighted by atomic mass is 16.2. The number of rotatable bonds is 6. The van der Waals surface area contributed by atoms with Gasteiger partial charge in [0.15, 0.2) is 0 Å². The lowest BCUT2D eigenvalue weighted by Gasteiger charge is -2.35. The molecule has 4 rings (SSSR count). The van der Waals surface area contributed by atoms with Gasteiger partial charge in [0.05, 0.1) is 0 Å². The molecule has 3 aliphatic rings. The van der Waals surface area contributed by atoms with Crippen LogP contribution in [0.2, 0.25) is 0 Å². The summed E-state index contributed by atoms with van der Waals surface area (Å²) in [5, 5.41) is 0. The Hall–Kier alpha value is -1.55. The predicted molar refractivity (Wildman–Crippen MR) is 104 cm³/mol. The zero-order valence-electron chi connectivity index (χ0n) is 16.1. The Morgan fingerprint density at radius 2 is 1.88 bits per heavy atom. The second-order valence-corrected chi connectivity index (χ2v) is 7.95. The number of benzene rings is 1. The van der Waals surface area contributed by atoms with Crippen molar-refractivity contribution in [2.75, 3.05) is 45.2 Å². The Morgan fingerprint density at radius 3 is 2.56 bits per heavy atom. The van der Waals surface area contributed by atoms with Gasteiger partial charge in [-0.15, -0.1) is 0 Å². The minimum atomic E-state index is 0.340. The van der Waals surface area contributed by atoms with Crippen molar-refractivity contribution in [3.63, 3.8) is 0 Å². The van der Waals surface area contributed by atoms with Gasteiger partial charge in [-0.3, -0.25) is 9.69 Å². The maximum atomic E-state index is 12.8. The summed E-state index contributed by atoms with van der Waals surface area (Å²) < 4.78 is 0. The van der Waals surface area contributed by atoms with Gasteiger partial charge in [0.2, 0.25) is 5.91 Å². The van der Waals surface area contributed by atoms with E-state index in [0.717, 1.165) is 19.5 Å². The van der Waals surface area contributed by atoms with E-state index < -0.39 is 0 Å². The second kappa shape index (κ2) is 8.22. The summed E-state index contributed by atoms with van der Waals surface area (Å²) in [6.07, 6.45) is 5.24. The van der Waals surface area contributed by atoms with Crippen LogP contribution in [0.3, 0.4) is 0 Å². The zero-order chi connectivity index (χ0) is 17.8. The number of carbonyl (C=O) groups excluding carboxylic acids is 1. The molecule has 0 unspecified atom stereocenters. The lowest BCUT2D eigenvalue weighted by molar-refractivity contribution is -0.131. The molecule has 0 radical (unpaired) electrons. The molecule has 0 spiro atoms. The van der Waals surface area contributed by atoms with Crippen LogP contribution in [0.1, 0.15) is 38.2 Å². The molecule has 4 heteroatoms. The molecule has 3 heterocycles. The van der Waals surface area contributed by atoms with E-state index in [1.165, 1.54) is 43.6 Å². The van der Waals surface area contributed by atoms with E-state index in [2.05, 4.69) is 45.9 Å². The van der Waals surface area contributed by atoms with Gasteiger partial charge in [0.1, 0.15) is 0 Å². The van der Waals surface area contributed by atoms with Crippen LogP contribution >= 0.6 is 0 Å². The van der Waals surface area contributed by atoms with Crippen molar-refractivity contribution < 1.29 is 4.79 Å². The molecular formula is C21H33N3O. The number of nitrogens with zero attached hydrogens (tertiary/aromatic N) is 3. The van der Waals surface area contributed by atoms with E-state index in [0.29, 0.717) is 24.3 Å². The van der Waals surface area contributed by atoms with Crippen LogP contribution in [0.4, 0.5) is 5.69 Å². The fourth-order valence-corrected chi connectivity index (χ4v) is 4.31. The van der Waals surface area contributed by atoms with Crippen LogP contribution in [0.25, 0.3) is 0 Å². The van der Waals surface area contributed by atoms with Gasteiger partial charge in [-0.1, -0.05) is 19.1 Å². The maximum absolute atomic E-state index is 12.8. The van der Waals surface area contributed by atoms with E-state index in [-0.39, 0.29) is 0 Å². The predicted octanol–water partition coefficient (Wildman–Crippen LogP) is 3.02. The lowest BCUT2D eigenvalue weighted by atomic mass is 9.95. The van der Waals surface area contributed by atoms with Crippen molar-refractivity contribution in [1.82, 2.24) is 9.80 Å². The molecule has 3 fully saturated rings. The minimum Gasteiger partial charge on any atom is -0.378 e. The zero-order valence-corrected chi connectivity index (χ0v) is 16.1. The fraction of sp³-hybridized carbons (Fsp3) is 0.667. The van der Waals surface area contributed by atoms with Gasteiger partial charge in [0.25, 0.3) is 0 Å². The molecule has 2 bridgehead atoms. The molecule has 4 nitrogen and oxygen atoms in total. The van der Waals surface area contributed by atoms with Crippen molar-refractivity contribution in [3.8, 4) is 0 Å². The number of piperidine rings is 1. The molecule has 0 saturated carbocycles. The Kier molecular flexibility index (Phi) is 6.00. The van der Waals surface area contributed by atoms with Gasteiger partial charge in [-0.2, -0.15) is 0 Å². The number of anilines is 1. The van der Waals surface area contributed by atoms with Crippen LogP contribution in [-0.2, 0) is 11.2 Å². The highest BCUT2D eigenvalue weighted by Crippen LogP contribution is 2.28. The third-order valence-electron chi connectivity index (χ3n) is 5.77. The Labute approximate surface area is 152 Å². The van der Waals surface area contributed by atoms with Gasteiger partial charge >= 0.3 is 0 Å². The van der Waals surface area contributed by atoms with Crippen LogP contribution in [-0.4, -0.2) is 62.0 Å². The quantitative estimate of drug-likeness (QED) is 0.794. The highest BCUT2D eigenvalue weighted by molar-refractivity contribution is 5.76. The summed E-state index contributed by atoms with van der Waals surface area (Å²) in [6.45, 7) is 6.53. The average molecular weight is 344 g/mol. The number of amides is 1. The maximum Gasteiger partial charge on any atom is 0.222 e. The average Bonchev–Trinajstić information content (AvgIpc) is 2.92. The van der Waals surface area contributed by atoms with E-state index in [1.54, 1.807) is 0 Å². The molecule has 1 aromatic rings. The van der Waals surface area contributed by atoms with E-state index >= 15 is 0 Å². The van der Waals surface area contributed by atoms with Gasteiger partial charge < -0.3 is 9.80 Å². The molecule has 25 heavy (non-hydrogen) atoms. The molecule has 2 atom stereocenters. The summed E-state index contributed by atoms with van der Waals surface area (Å²) in [6, 6.07) is 9.15. The number of hydrogen-bond donors (Lipinski definition) is 0. The van der Waals surface area contributed by atoms with Gasteiger partial charge in [0, 0.05) is 51.9 Å². The SMILES string of the molecule is CCCN1C[C@@H]2CC[C@H]1CN(C(=O)CCc1ccc(N(C)C)cc1)C2. The number of fused-ring (bicyclic) bond motifs is 4. The van der Waals surface area contributed by atoms with Gasteiger partial charge in [-0.05, 0) is 55.8 Å². The van der Waals surface area contributed by atoms with Crippen molar-refractivity contribution in [2.45, 2.75) is 45.1 Å². The van der Waals surface area contributed by atoms with Crippen LogP contribution in [0.15, 0.2) is 24.3 Å². The summed E-state index contributed by atoms with van der Waals surface area (Å²) in [5.74, 6) is 1.01. The smallest absolute Gasteiger partial charge is 0.222 e. The standard InChI is InChI=1S/C21H33N3O/c1-4-13-23-14-18-7-11-20(23)16-24(15-18)21(25)12-8-17-5-9-19(10-6-17)22(2)3/h5-6,9-10,18,20H,4,7-8,11-16H2,1-3H3/t18-,20-/m0/s1. The van der Waals surface area contributed by atoms with Crippen molar-refractivity contribution in [3.05, 3.63) is 29.8 Å². The molecule has 0 N–H and O–H groups in total. The van der Waals surface area contributed by atoms with Crippen molar-refractivity contribution in [2.24, 2.45) is 5.92 Å². The molecular weight excluding hydrogens is 310 g/mol. The molecule has 3 saturated heterocycles. The minimum absolute atomic E-state index is 0.340. The molecule has 0 aliphatic carbocycles. The first-order chi connectivity index (χ1) is 12.1. The Morgan fingerprint density at radius 1 is 1.12 bits per heavy atom. The van der Waals surface area contributed by atoms with Gasteiger partial charge in [-0.25, -0.2) is 0 Å².